The maximum atomic E-state index is 12.4. The molecule has 1 fully saturated rings. The Morgan fingerprint density at radius 2 is 2.00 bits per heavy atom. The first-order valence-electron chi connectivity index (χ1n) is 8.10. The zero-order valence-electron chi connectivity index (χ0n) is 14.3. The van der Waals surface area contributed by atoms with Gasteiger partial charge in [-0.25, -0.2) is 0 Å². The van der Waals surface area contributed by atoms with Gasteiger partial charge in [-0.05, 0) is 64.5 Å². The Morgan fingerprint density at radius 1 is 1.27 bits per heavy atom. The van der Waals surface area contributed by atoms with Crippen molar-refractivity contribution in [3.05, 3.63) is 59.4 Å². The molecule has 0 saturated heterocycles. The fourth-order valence-electron chi connectivity index (χ4n) is 2.44. The molecule has 1 saturated carbocycles. The van der Waals surface area contributed by atoms with Crippen LogP contribution < -0.4 is 0 Å². The van der Waals surface area contributed by atoms with E-state index in [2.05, 4.69) is 12.2 Å². The molecule has 0 heterocycles. The molecular weight excluding hydrogens is 272 g/mol. The summed E-state index contributed by atoms with van der Waals surface area (Å²) in [4.78, 5) is 12.4. The Hall–Kier alpha value is -1.83. The maximum absolute atomic E-state index is 12.4. The van der Waals surface area contributed by atoms with E-state index in [0.717, 1.165) is 36.0 Å². The number of hydrogen-bond donors (Lipinski definition) is 0. The summed E-state index contributed by atoms with van der Waals surface area (Å²) in [5, 5.41) is 0. The number of rotatable bonds is 7. The average Bonchev–Trinajstić information content (AvgIpc) is 2.84. The van der Waals surface area contributed by atoms with Gasteiger partial charge in [0.25, 0.3) is 0 Å². The van der Waals surface area contributed by atoms with Gasteiger partial charge in [-0.2, -0.15) is 0 Å². The minimum absolute atomic E-state index is 0.212. The standard InChI is InChI=1S/C20H28O2/c1-5-9-17(10-8-13-22-7-3)15-19-12-11-18(20(19)21)14-16(4)6-2/h5-6,8-9,13-15,17H,7,10-12H2,1-4H3/b9-5-,13-8+,16-6+,18-14+,19-15+. The number of allylic oxidation sites excluding steroid dienone is 9. The molecule has 2 heteroatoms. The van der Waals surface area contributed by atoms with E-state index >= 15 is 0 Å². The molecule has 2 nitrogen and oxygen atoms in total. The molecule has 1 atom stereocenters. The third kappa shape index (κ3) is 5.88. The average molecular weight is 300 g/mol. The van der Waals surface area contributed by atoms with Crippen LogP contribution in [0.15, 0.2) is 59.4 Å². The molecule has 0 aromatic carbocycles. The smallest absolute Gasteiger partial charge is 0.184 e. The number of ketones is 1. The molecule has 1 aliphatic rings. The molecule has 0 aromatic rings. The molecule has 0 bridgehead atoms. The summed E-state index contributed by atoms with van der Waals surface area (Å²) in [7, 11) is 0. The van der Waals surface area contributed by atoms with E-state index in [1.807, 2.05) is 52.0 Å². The van der Waals surface area contributed by atoms with Gasteiger partial charge in [-0.15, -0.1) is 0 Å². The number of carbonyl (C=O) groups excluding carboxylic acids is 1. The van der Waals surface area contributed by atoms with E-state index in [1.54, 1.807) is 6.26 Å². The normalized spacial score (nSPS) is 21.6. The Morgan fingerprint density at radius 3 is 2.64 bits per heavy atom. The van der Waals surface area contributed by atoms with Gasteiger partial charge < -0.3 is 4.74 Å². The van der Waals surface area contributed by atoms with Gasteiger partial charge in [0.2, 0.25) is 0 Å². The van der Waals surface area contributed by atoms with Gasteiger partial charge in [0.05, 0.1) is 12.9 Å². The summed E-state index contributed by atoms with van der Waals surface area (Å²) >= 11 is 0. The summed E-state index contributed by atoms with van der Waals surface area (Å²) in [6, 6.07) is 0. The van der Waals surface area contributed by atoms with Crippen molar-refractivity contribution in [2.75, 3.05) is 6.61 Å². The van der Waals surface area contributed by atoms with Crippen LogP contribution in [0.3, 0.4) is 0 Å². The lowest BCUT2D eigenvalue weighted by atomic mass is 9.99. The van der Waals surface area contributed by atoms with Crippen LogP contribution in [0.2, 0.25) is 0 Å². The first-order chi connectivity index (χ1) is 10.6. The third-order valence-corrected chi connectivity index (χ3v) is 3.73. The molecule has 0 N–H and O–H groups in total. The quantitative estimate of drug-likeness (QED) is 0.362. The van der Waals surface area contributed by atoms with Crippen LogP contribution in [0.5, 0.6) is 0 Å². The van der Waals surface area contributed by atoms with E-state index in [-0.39, 0.29) is 11.7 Å². The SMILES string of the molecule is C/C=C\C(/C=C1\CC/C(=C\C(C)=C\C)C1=O)C/C=C/OCC. The van der Waals surface area contributed by atoms with Crippen LogP contribution in [0.25, 0.3) is 0 Å². The lowest BCUT2D eigenvalue weighted by molar-refractivity contribution is -0.111. The summed E-state index contributed by atoms with van der Waals surface area (Å²) in [6.07, 6.45) is 16.7. The van der Waals surface area contributed by atoms with Crippen molar-refractivity contribution in [3.8, 4) is 0 Å². The monoisotopic (exact) mass is 300 g/mol. The largest absolute Gasteiger partial charge is 0.502 e. The van der Waals surface area contributed by atoms with Crippen LogP contribution in [-0.4, -0.2) is 12.4 Å². The van der Waals surface area contributed by atoms with Crippen LogP contribution in [-0.2, 0) is 9.53 Å². The second kappa shape index (κ2) is 9.99. The van der Waals surface area contributed by atoms with Crippen LogP contribution in [0.4, 0.5) is 0 Å². The zero-order chi connectivity index (χ0) is 16.4. The number of hydrogen-bond acceptors (Lipinski definition) is 2. The third-order valence-electron chi connectivity index (χ3n) is 3.73. The Labute approximate surface area is 134 Å². The van der Waals surface area contributed by atoms with Gasteiger partial charge in [0.1, 0.15) is 0 Å². The molecule has 1 aliphatic carbocycles. The number of Topliss-reactive ketones (excluding diaryl/α,β-unsaturated/α-hetero) is 1. The van der Waals surface area contributed by atoms with Crippen molar-refractivity contribution in [1.82, 2.24) is 0 Å². The highest BCUT2D eigenvalue weighted by molar-refractivity contribution is 6.10. The van der Waals surface area contributed by atoms with E-state index in [0.29, 0.717) is 6.61 Å². The minimum Gasteiger partial charge on any atom is -0.502 e. The van der Waals surface area contributed by atoms with E-state index in [1.165, 1.54) is 0 Å². The second-order valence-corrected chi connectivity index (χ2v) is 5.48. The minimum atomic E-state index is 0.212. The topological polar surface area (TPSA) is 26.3 Å². The van der Waals surface area contributed by atoms with Gasteiger partial charge in [-0.3, -0.25) is 4.79 Å². The molecule has 120 valence electrons. The van der Waals surface area contributed by atoms with Crippen LogP contribution >= 0.6 is 0 Å². The summed E-state index contributed by atoms with van der Waals surface area (Å²) in [6.45, 7) is 8.68. The molecule has 0 spiro atoms. The first kappa shape index (κ1) is 18.2. The molecule has 22 heavy (non-hydrogen) atoms. The maximum Gasteiger partial charge on any atom is 0.184 e. The molecule has 0 radical (unpaired) electrons. The van der Waals surface area contributed by atoms with Gasteiger partial charge in [-0.1, -0.05) is 36.0 Å². The van der Waals surface area contributed by atoms with Gasteiger partial charge in [0.15, 0.2) is 5.78 Å². The lowest BCUT2D eigenvalue weighted by Crippen LogP contribution is -2.00. The van der Waals surface area contributed by atoms with Crippen molar-refractivity contribution < 1.29 is 9.53 Å². The highest BCUT2D eigenvalue weighted by Gasteiger charge is 2.23. The number of ether oxygens (including phenoxy) is 1. The highest BCUT2D eigenvalue weighted by Crippen LogP contribution is 2.29. The van der Waals surface area contributed by atoms with Crippen LogP contribution in [0, 0.1) is 5.92 Å². The molecule has 0 amide bonds. The number of carbonyl (C=O) groups is 1. The van der Waals surface area contributed by atoms with Crippen molar-refractivity contribution in [2.45, 2.75) is 47.0 Å². The fourth-order valence-corrected chi connectivity index (χ4v) is 2.44. The Balaban J connectivity index is 2.80. The first-order valence-corrected chi connectivity index (χ1v) is 8.10. The predicted octanol–water partition coefficient (Wildman–Crippen LogP) is 5.30. The molecular formula is C20H28O2. The van der Waals surface area contributed by atoms with E-state index < -0.39 is 0 Å². The van der Waals surface area contributed by atoms with Crippen molar-refractivity contribution in [2.24, 2.45) is 5.92 Å². The fraction of sp³-hybridized carbons (Fsp3) is 0.450. The highest BCUT2D eigenvalue weighted by atomic mass is 16.5. The second-order valence-electron chi connectivity index (χ2n) is 5.48. The molecule has 1 rings (SSSR count). The van der Waals surface area contributed by atoms with Crippen molar-refractivity contribution in [3.63, 3.8) is 0 Å². The predicted molar refractivity (Wildman–Crippen MR) is 93.5 cm³/mol. The summed E-state index contributed by atoms with van der Waals surface area (Å²) < 4.78 is 5.22. The summed E-state index contributed by atoms with van der Waals surface area (Å²) in [5.74, 6) is 0.465. The molecule has 0 aromatic heterocycles. The summed E-state index contributed by atoms with van der Waals surface area (Å²) in [5.41, 5.74) is 3.03. The van der Waals surface area contributed by atoms with Gasteiger partial charge >= 0.3 is 0 Å². The Bertz CT molecular complexity index is 516. The van der Waals surface area contributed by atoms with E-state index in [9.17, 15) is 4.79 Å². The van der Waals surface area contributed by atoms with E-state index in [4.69, 9.17) is 4.74 Å². The van der Waals surface area contributed by atoms with Gasteiger partial charge in [0, 0.05) is 5.57 Å². The van der Waals surface area contributed by atoms with Crippen molar-refractivity contribution >= 4 is 5.78 Å². The zero-order valence-corrected chi connectivity index (χ0v) is 14.3. The Kier molecular flexibility index (Phi) is 8.27. The molecule has 1 unspecified atom stereocenters. The molecule has 0 aliphatic heterocycles. The van der Waals surface area contributed by atoms with Crippen molar-refractivity contribution in [1.29, 1.82) is 0 Å². The van der Waals surface area contributed by atoms with Crippen LogP contribution in [0.1, 0.15) is 47.0 Å². The lowest BCUT2D eigenvalue weighted by Gasteiger charge is -2.06.